The molecule has 2 aromatic carbocycles. The average Bonchev–Trinajstić information content (AvgIpc) is 2.75. The molecule has 0 aliphatic carbocycles. The van der Waals surface area contributed by atoms with Crippen LogP contribution in [-0.4, -0.2) is 30.5 Å². The molecule has 6 nitrogen and oxygen atoms in total. The number of benzene rings is 2. The van der Waals surface area contributed by atoms with Crippen LogP contribution < -0.4 is 15.4 Å². The number of rotatable bonds is 7. The van der Waals surface area contributed by atoms with E-state index < -0.39 is 0 Å². The summed E-state index contributed by atoms with van der Waals surface area (Å²) >= 11 is 0. The number of pyridine rings is 1. The van der Waals surface area contributed by atoms with Crippen molar-refractivity contribution in [2.24, 2.45) is 0 Å². The van der Waals surface area contributed by atoms with E-state index in [0.29, 0.717) is 18.0 Å². The van der Waals surface area contributed by atoms with Gasteiger partial charge in [-0.15, -0.1) is 0 Å². The highest BCUT2D eigenvalue weighted by atomic mass is 16.5. The molecule has 1 heterocycles. The topological polar surface area (TPSA) is 80.3 Å². The van der Waals surface area contributed by atoms with E-state index in [0.717, 1.165) is 12.0 Å². The summed E-state index contributed by atoms with van der Waals surface area (Å²) in [6, 6.07) is 21.7. The van der Waals surface area contributed by atoms with Crippen molar-refractivity contribution in [1.29, 1.82) is 0 Å². The van der Waals surface area contributed by atoms with Gasteiger partial charge in [0.25, 0.3) is 11.8 Å². The van der Waals surface area contributed by atoms with E-state index in [-0.39, 0.29) is 23.2 Å². The molecule has 1 aromatic heterocycles. The third-order valence-corrected chi connectivity index (χ3v) is 4.10. The molecule has 28 heavy (non-hydrogen) atoms. The Balaban J connectivity index is 1.58. The second-order valence-electron chi connectivity index (χ2n) is 6.08. The highest BCUT2D eigenvalue weighted by Crippen LogP contribution is 2.15. The number of carbonyl (C=O) groups excluding carboxylic acids is 2. The number of aromatic nitrogens is 1. The van der Waals surface area contributed by atoms with Crippen molar-refractivity contribution < 1.29 is 14.3 Å². The van der Waals surface area contributed by atoms with Gasteiger partial charge in [-0.25, -0.2) is 4.98 Å². The van der Waals surface area contributed by atoms with Crippen LogP contribution in [0.2, 0.25) is 0 Å². The van der Waals surface area contributed by atoms with Crippen LogP contribution in [0, 0.1) is 0 Å². The Morgan fingerprint density at radius 1 is 0.857 bits per heavy atom. The van der Waals surface area contributed by atoms with Crippen molar-refractivity contribution in [3.8, 4) is 5.75 Å². The van der Waals surface area contributed by atoms with Crippen LogP contribution in [0.5, 0.6) is 5.75 Å². The van der Waals surface area contributed by atoms with Crippen LogP contribution in [0.4, 0.5) is 5.69 Å². The van der Waals surface area contributed by atoms with Gasteiger partial charge in [-0.2, -0.15) is 0 Å². The van der Waals surface area contributed by atoms with Gasteiger partial charge in [0.05, 0.1) is 7.11 Å². The van der Waals surface area contributed by atoms with Gasteiger partial charge in [0, 0.05) is 12.2 Å². The molecule has 142 valence electrons. The second kappa shape index (κ2) is 9.32. The first-order chi connectivity index (χ1) is 13.7. The number of methoxy groups -OCH3 is 1. The highest BCUT2D eigenvalue weighted by Gasteiger charge is 2.12. The lowest BCUT2D eigenvalue weighted by Crippen LogP contribution is -2.27. The number of carbonyl (C=O) groups is 2. The average molecular weight is 375 g/mol. The second-order valence-corrected chi connectivity index (χ2v) is 6.08. The third-order valence-electron chi connectivity index (χ3n) is 4.10. The Morgan fingerprint density at radius 2 is 1.54 bits per heavy atom. The number of nitrogens with zero attached hydrogens (tertiary/aromatic N) is 1. The maximum atomic E-state index is 12.4. The van der Waals surface area contributed by atoms with Crippen LogP contribution in [0.15, 0.2) is 72.8 Å². The van der Waals surface area contributed by atoms with Crippen LogP contribution in [0.3, 0.4) is 0 Å². The van der Waals surface area contributed by atoms with Gasteiger partial charge in [-0.3, -0.25) is 9.59 Å². The van der Waals surface area contributed by atoms with Gasteiger partial charge < -0.3 is 15.4 Å². The Bertz CT molecular complexity index is 941. The maximum Gasteiger partial charge on any atom is 0.274 e. The molecule has 0 saturated carbocycles. The smallest absolute Gasteiger partial charge is 0.274 e. The maximum absolute atomic E-state index is 12.4. The standard InChI is InChI=1S/C22H21N3O3/c1-28-18-12-10-17(11-13-18)24-22(27)20-9-5-8-19(25-20)21(26)23-15-14-16-6-3-2-4-7-16/h2-13H,14-15H2,1H3,(H,23,26)(H,24,27). The lowest BCUT2D eigenvalue weighted by Gasteiger charge is -2.08. The third kappa shape index (κ3) is 5.17. The Morgan fingerprint density at radius 3 is 2.21 bits per heavy atom. The Hall–Kier alpha value is -3.67. The van der Waals surface area contributed by atoms with Gasteiger partial charge in [-0.05, 0) is 48.4 Å². The predicted molar refractivity (Wildman–Crippen MR) is 108 cm³/mol. The summed E-state index contributed by atoms with van der Waals surface area (Å²) < 4.78 is 5.09. The monoisotopic (exact) mass is 375 g/mol. The Kier molecular flexibility index (Phi) is 6.36. The van der Waals surface area contributed by atoms with Gasteiger partial charge in [0.2, 0.25) is 0 Å². The number of ether oxygens (including phenoxy) is 1. The minimum Gasteiger partial charge on any atom is -0.497 e. The molecule has 0 atom stereocenters. The summed E-state index contributed by atoms with van der Waals surface area (Å²) in [5.41, 5.74) is 2.13. The summed E-state index contributed by atoms with van der Waals surface area (Å²) in [6.07, 6.45) is 0.726. The molecule has 0 bridgehead atoms. The van der Waals surface area contributed by atoms with Crippen molar-refractivity contribution in [1.82, 2.24) is 10.3 Å². The normalized spacial score (nSPS) is 10.2. The fourth-order valence-corrected chi connectivity index (χ4v) is 2.61. The number of nitrogens with one attached hydrogen (secondary N) is 2. The van der Waals surface area contributed by atoms with E-state index in [2.05, 4.69) is 15.6 Å². The van der Waals surface area contributed by atoms with Crippen molar-refractivity contribution >= 4 is 17.5 Å². The molecular weight excluding hydrogens is 354 g/mol. The van der Waals surface area contributed by atoms with Crippen molar-refractivity contribution in [3.05, 3.63) is 89.7 Å². The SMILES string of the molecule is COc1ccc(NC(=O)c2cccc(C(=O)NCCc3ccccc3)n2)cc1. The summed E-state index contributed by atoms with van der Waals surface area (Å²) in [5.74, 6) is 0.00410. The summed E-state index contributed by atoms with van der Waals surface area (Å²) in [6.45, 7) is 0.493. The molecule has 0 saturated heterocycles. The van der Waals surface area contributed by atoms with Gasteiger partial charge >= 0.3 is 0 Å². The number of amides is 2. The molecule has 0 fully saturated rings. The molecule has 0 aliphatic rings. The van der Waals surface area contributed by atoms with Crippen LogP contribution in [0.25, 0.3) is 0 Å². The Labute approximate surface area is 163 Å². The number of hydrogen-bond donors (Lipinski definition) is 2. The molecule has 6 heteroatoms. The van der Waals surface area contributed by atoms with E-state index in [1.54, 1.807) is 49.6 Å². The highest BCUT2D eigenvalue weighted by molar-refractivity contribution is 6.03. The lowest BCUT2D eigenvalue weighted by molar-refractivity contribution is 0.0949. The lowest BCUT2D eigenvalue weighted by atomic mass is 10.1. The van der Waals surface area contributed by atoms with Gasteiger partial charge in [-0.1, -0.05) is 36.4 Å². The molecule has 3 aromatic rings. The minimum atomic E-state index is -0.385. The zero-order chi connectivity index (χ0) is 19.8. The fraction of sp³-hybridized carbons (Fsp3) is 0.136. The van der Waals surface area contributed by atoms with E-state index >= 15 is 0 Å². The molecule has 2 N–H and O–H groups in total. The van der Waals surface area contributed by atoms with E-state index in [4.69, 9.17) is 4.74 Å². The summed E-state index contributed by atoms with van der Waals surface area (Å²) in [4.78, 5) is 28.9. The zero-order valence-electron chi connectivity index (χ0n) is 15.5. The molecular formula is C22H21N3O3. The molecule has 0 aliphatic heterocycles. The first-order valence-electron chi connectivity index (χ1n) is 8.90. The first kappa shape index (κ1) is 19.1. The number of hydrogen-bond acceptors (Lipinski definition) is 4. The van der Waals surface area contributed by atoms with Crippen LogP contribution in [-0.2, 0) is 6.42 Å². The zero-order valence-corrected chi connectivity index (χ0v) is 15.5. The van der Waals surface area contributed by atoms with E-state index in [9.17, 15) is 9.59 Å². The van der Waals surface area contributed by atoms with Crippen molar-refractivity contribution in [2.75, 3.05) is 19.0 Å². The van der Waals surface area contributed by atoms with Crippen molar-refractivity contribution in [3.63, 3.8) is 0 Å². The van der Waals surface area contributed by atoms with Crippen LogP contribution >= 0.6 is 0 Å². The van der Waals surface area contributed by atoms with Gasteiger partial charge in [0.15, 0.2) is 0 Å². The molecule has 0 radical (unpaired) electrons. The van der Waals surface area contributed by atoms with Crippen LogP contribution in [0.1, 0.15) is 26.5 Å². The fourth-order valence-electron chi connectivity index (χ4n) is 2.61. The minimum absolute atomic E-state index is 0.173. The summed E-state index contributed by atoms with van der Waals surface area (Å²) in [7, 11) is 1.58. The summed E-state index contributed by atoms with van der Waals surface area (Å²) in [5, 5.41) is 5.58. The molecule has 3 rings (SSSR count). The first-order valence-corrected chi connectivity index (χ1v) is 8.90. The predicted octanol–water partition coefficient (Wildman–Crippen LogP) is 3.32. The van der Waals surface area contributed by atoms with E-state index in [1.165, 1.54) is 0 Å². The molecule has 2 amide bonds. The molecule has 0 unspecified atom stereocenters. The van der Waals surface area contributed by atoms with Gasteiger partial charge in [0.1, 0.15) is 17.1 Å². The molecule has 0 spiro atoms. The quantitative estimate of drug-likeness (QED) is 0.664. The number of anilines is 1. The van der Waals surface area contributed by atoms with E-state index in [1.807, 2.05) is 30.3 Å². The largest absolute Gasteiger partial charge is 0.497 e. The van der Waals surface area contributed by atoms with Crippen molar-refractivity contribution in [2.45, 2.75) is 6.42 Å².